The Morgan fingerprint density at radius 1 is 1.17 bits per heavy atom. The fourth-order valence-electron chi connectivity index (χ4n) is 2.37. The SMILES string of the molecule is Cl.NC1CCC(Nc2nc3ccccc3s2)CC1. The number of fused-ring (bicyclic) bond motifs is 1. The fourth-order valence-corrected chi connectivity index (χ4v) is 3.31. The van der Waals surface area contributed by atoms with Gasteiger partial charge in [0.2, 0.25) is 0 Å². The normalized spacial score (nSPS) is 23.6. The molecule has 1 saturated carbocycles. The summed E-state index contributed by atoms with van der Waals surface area (Å²) in [6.07, 6.45) is 4.58. The number of para-hydroxylation sites is 1. The van der Waals surface area contributed by atoms with Crippen LogP contribution in [-0.2, 0) is 0 Å². The summed E-state index contributed by atoms with van der Waals surface area (Å²) in [6.45, 7) is 0. The van der Waals surface area contributed by atoms with Gasteiger partial charge in [0.05, 0.1) is 10.2 Å². The van der Waals surface area contributed by atoms with E-state index in [-0.39, 0.29) is 12.4 Å². The van der Waals surface area contributed by atoms with Crippen LogP contribution in [0.4, 0.5) is 5.13 Å². The van der Waals surface area contributed by atoms with E-state index in [4.69, 9.17) is 5.73 Å². The van der Waals surface area contributed by atoms with Crippen molar-refractivity contribution in [1.82, 2.24) is 4.98 Å². The van der Waals surface area contributed by atoms with Crippen molar-refractivity contribution in [3.8, 4) is 0 Å². The molecule has 0 saturated heterocycles. The van der Waals surface area contributed by atoms with Crippen LogP contribution in [0.15, 0.2) is 24.3 Å². The lowest BCUT2D eigenvalue weighted by molar-refractivity contribution is 0.411. The van der Waals surface area contributed by atoms with Gasteiger partial charge in [-0.1, -0.05) is 23.5 Å². The third-order valence-corrected chi connectivity index (χ3v) is 4.36. The number of nitrogens with one attached hydrogen (secondary N) is 1. The van der Waals surface area contributed by atoms with E-state index in [9.17, 15) is 0 Å². The third kappa shape index (κ3) is 2.94. The number of hydrogen-bond donors (Lipinski definition) is 2. The molecule has 1 aliphatic rings. The van der Waals surface area contributed by atoms with E-state index in [1.807, 2.05) is 6.07 Å². The number of nitrogens with zero attached hydrogens (tertiary/aromatic N) is 1. The third-order valence-electron chi connectivity index (χ3n) is 3.39. The summed E-state index contributed by atoms with van der Waals surface area (Å²) in [7, 11) is 0. The Morgan fingerprint density at radius 2 is 1.89 bits per heavy atom. The lowest BCUT2D eigenvalue weighted by Crippen LogP contribution is -2.32. The minimum atomic E-state index is 0. The highest BCUT2D eigenvalue weighted by Gasteiger charge is 2.19. The number of halogens is 1. The van der Waals surface area contributed by atoms with Gasteiger partial charge in [0.1, 0.15) is 0 Å². The lowest BCUT2D eigenvalue weighted by atomic mass is 9.92. The lowest BCUT2D eigenvalue weighted by Gasteiger charge is -2.26. The van der Waals surface area contributed by atoms with E-state index in [0.29, 0.717) is 12.1 Å². The number of benzene rings is 1. The summed E-state index contributed by atoms with van der Waals surface area (Å²) in [4.78, 5) is 4.60. The average molecular weight is 284 g/mol. The van der Waals surface area contributed by atoms with E-state index < -0.39 is 0 Å². The first kappa shape index (κ1) is 13.6. The second-order valence-corrected chi connectivity index (χ2v) is 5.77. The molecular formula is C13H18ClN3S. The van der Waals surface area contributed by atoms with Crippen LogP contribution in [0.5, 0.6) is 0 Å². The molecule has 1 heterocycles. The Labute approximate surface area is 117 Å². The van der Waals surface area contributed by atoms with E-state index >= 15 is 0 Å². The molecule has 2 aromatic rings. The van der Waals surface area contributed by atoms with Crippen LogP contribution in [0, 0.1) is 0 Å². The molecule has 5 heteroatoms. The smallest absolute Gasteiger partial charge is 0.184 e. The molecule has 1 fully saturated rings. The van der Waals surface area contributed by atoms with Crippen molar-refractivity contribution in [2.45, 2.75) is 37.8 Å². The van der Waals surface area contributed by atoms with Crippen LogP contribution in [-0.4, -0.2) is 17.1 Å². The van der Waals surface area contributed by atoms with E-state index in [2.05, 4.69) is 28.5 Å². The van der Waals surface area contributed by atoms with Crippen molar-refractivity contribution in [2.24, 2.45) is 5.73 Å². The van der Waals surface area contributed by atoms with Crippen LogP contribution in [0.1, 0.15) is 25.7 Å². The molecule has 98 valence electrons. The predicted molar refractivity (Wildman–Crippen MR) is 80.7 cm³/mol. The first-order chi connectivity index (χ1) is 8.31. The Balaban J connectivity index is 0.00000120. The number of anilines is 1. The van der Waals surface area contributed by atoms with Gasteiger partial charge in [0, 0.05) is 12.1 Å². The maximum Gasteiger partial charge on any atom is 0.184 e. The van der Waals surface area contributed by atoms with E-state index in [1.54, 1.807) is 11.3 Å². The Morgan fingerprint density at radius 3 is 2.61 bits per heavy atom. The van der Waals surface area contributed by atoms with Crippen LogP contribution in [0.3, 0.4) is 0 Å². The van der Waals surface area contributed by atoms with Gasteiger partial charge < -0.3 is 11.1 Å². The Kier molecular flexibility index (Phi) is 4.43. The van der Waals surface area contributed by atoms with Crippen LogP contribution >= 0.6 is 23.7 Å². The first-order valence-corrected chi connectivity index (χ1v) is 7.00. The van der Waals surface area contributed by atoms with E-state index in [1.165, 1.54) is 4.70 Å². The Hall–Kier alpha value is -0.840. The molecule has 1 aromatic heterocycles. The molecule has 0 radical (unpaired) electrons. The number of hydrogen-bond acceptors (Lipinski definition) is 4. The predicted octanol–water partition coefficient (Wildman–Crippen LogP) is 3.40. The van der Waals surface area contributed by atoms with Crippen molar-refractivity contribution >= 4 is 39.1 Å². The molecule has 0 spiro atoms. The van der Waals surface area contributed by atoms with Crippen molar-refractivity contribution in [3.05, 3.63) is 24.3 Å². The molecular weight excluding hydrogens is 266 g/mol. The zero-order valence-corrected chi connectivity index (χ0v) is 11.8. The van der Waals surface area contributed by atoms with Crippen molar-refractivity contribution in [1.29, 1.82) is 0 Å². The standard InChI is InChI=1S/C13H17N3S.ClH/c14-9-5-7-10(8-6-9)15-13-16-11-3-1-2-4-12(11)17-13;/h1-4,9-10H,5-8,14H2,(H,15,16);1H. The molecule has 3 nitrogen and oxygen atoms in total. The molecule has 18 heavy (non-hydrogen) atoms. The number of nitrogens with two attached hydrogens (primary N) is 1. The average Bonchev–Trinajstić information content (AvgIpc) is 2.74. The monoisotopic (exact) mass is 283 g/mol. The molecule has 0 amide bonds. The molecule has 0 bridgehead atoms. The summed E-state index contributed by atoms with van der Waals surface area (Å²) >= 11 is 1.74. The van der Waals surface area contributed by atoms with Gasteiger partial charge >= 0.3 is 0 Å². The highest BCUT2D eigenvalue weighted by molar-refractivity contribution is 7.22. The van der Waals surface area contributed by atoms with Gasteiger partial charge in [-0.05, 0) is 37.8 Å². The van der Waals surface area contributed by atoms with Crippen molar-refractivity contribution < 1.29 is 0 Å². The minimum Gasteiger partial charge on any atom is -0.359 e. The second-order valence-electron chi connectivity index (χ2n) is 4.74. The van der Waals surface area contributed by atoms with Gasteiger partial charge in [0.15, 0.2) is 5.13 Å². The highest BCUT2D eigenvalue weighted by Crippen LogP contribution is 2.28. The molecule has 1 aliphatic carbocycles. The molecule has 0 aliphatic heterocycles. The minimum absolute atomic E-state index is 0. The molecule has 1 aromatic carbocycles. The molecule has 0 unspecified atom stereocenters. The maximum atomic E-state index is 5.91. The van der Waals surface area contributed by atoms with Crippen molar-refractivity contribution in [2.75, 3.05) is 5.32 Å². The summed E-state index contributed by atoms with van der Waals surface area (Å²) in [5, 5.41) is 4.59. The van der Waals surface area contributed by atoms with Crippen LogP contribution in [0.25, 0.3) is 10.2 Å². The number of rotatable bonds is 2. The summed E-state index contributed by atoms with van der Waals surface area (Å²) in [5.41, 5.74) is 7.00. The van der Waals surface area contributed by atoms with Gasteiger partial charge in [-0.2, -0.15) is 0 Å². The maximum absolute atomic E-state index is 5.91. The van der Waals surface area contributed by atoms with Gasteiger partial charge in [-0.3, -0.25) is 0 Å². The topological polar surface area (TPSA) is 50.9 Å². The summed E-state index contributed by atoms with van der Waals surface area (Å²) < 4.78 is 1.25. The fraction of sp³-hybridized carbons (Fsp3) is 0.462. The first-order valence-electron chi connectivity index (χ1n) is 6.19. The van der Waals surface area contributed by atoms with Crippen LogP contribution in [0.2, 0.25) is 0 Å². The van der Waals surface area contributed by atoms with Gasteiger partial charge in [-0.25, -0.2) is 4.98 Å². The zero-order valence-electron chi connectivity index (χ0n) is 10.1. The Bertz CT molecular complexity index is 473. The largest absolute Gasteiger partial charge is 0.359 e. The molecule has 3 N–H and O–H groups in total. The van der Waals surface area contributed by atoms with Crippen LogP contribution < -0.4 is 11.1 Å². The quantitative estimate of drug-likeness (QED) is 0.888. The van der Waals surface area contributed by atoms with E-state index in [0.717, 1.165) is 36.3 Å². The molecule has 3 rings (SSSR count). The van der Waals surface area contributed by atoms with Gasteiger partial charge in [-0.15, -0.1) is 12.4 Å². The summed E-state index contributed by atoms with van der Waals surface area (Å²) in [6, 6.07) is 9.23. The molecule has 0 atom stereocenters. The van der Waals surface area contributed by atoms with Gasteiger partial charge in [0.25, 0.3) is 0 Å². The highest BCUT2D eigenvalue weighted by atomic mass is 35.5. The number of aromatic nitrogens is 1. The number of thiazole rings is 1. The summed E-state index contributed by atoms with van der Waals surface area (Å²) in [5.74, 6) is 0. The van der Waals surface area contributed by atoms with Crippen molar-refractivity contribution in [3.63, 3.8) is 0 Å². The zero-order chi connectivity index (χ0) is 11.7. The second kappa shape index (κ2) is 5.87.